The van der Waals surface area contributed by atoms with E-state index in [1.54, 1.807) is 12.1 Å². The van der Waals surface area contributed by atoms with Crippen molar-refractivity contribution < 1.29 is 50.1 Å². The maximum absolute atomic E-state index is 13.7. The van der Waals surface area contributed by atoms with Gasteiger partial charge >= 0.3 is 6.18 Å². The Kier molecular flexibility index (Phi) is 19.4. The van der Waals surface area contributed by atoms with Crippen molar-refractivity contribution in [2.24, 2.45) is 0 Å². The van der Waals surface area contributed by atoms with Crippen LogP contribution in [-0.4, -0.2) is 104 Å². The van der Waals surface area contributed by atoms with Crippen LogP contribution in [0.5, 0.6) is 0 Å². The van der Waals surface area contributed by atoms with E-state index in [1.807, 2.05) is 50.2 Å². The van der Waals surface area contributed by atoms with Gasteiger partial charge in [0.25, 0.3) is 11.8 Å². The molecule has 0 saturated carbocycles. The fourth-order valence-electron chi connectivity index (χ4n) is 6.00. The highest BCUT2D eigenvalue weighted by Crippen LogP contribution is 2.33. The van der Waals surface area contributed by atoms with Gasteiger partial charge in [-0.3, -0.25) is 14.6 Å². The van der Waals surface area contributed by atoms with Crippen LogP contribution in [0, 0.1) is 0 Å². The third kappa shape index (κ3) is 16.6. The zero-order valence-electron chi connectivity index (χ0n) is 34.2. The first-order valence-corrected chi connectivity index (χ1v) is 21.6. The number of anilines is 2. The number of hydrogen-bond donors (Lipinski definition) is 3. The van der Waals surface area contributed by atoms with Crippen LogP contribution in [0.4, 0.5) is 24.5 Å². The minimum absolute atomic E-state index is 0.102. The summed E-state index contributed by atoms with van der Waals surface area (Å²) in [5.41, 5.74) is 3.62. The number of carbonyl (C=O) groups is 2. The zero-order chi connectivity index (χ0) is 43.4. The standard InChI is InChI=1S/C43H54F3N5O8S/c1-4-51(5-2)37-14-15-39(38(30-37)40-29-35(16-17-47-40)41(52)48-31-33-10-7-13-36(28-33)43(44,45)46)50-42(53)34-12-6-9-32(27-34)11-8-19-56-21-23-58-25-26-59-24-22-57-20-18-49-60(3,54)55/h6-7,9-10,12-17,27-30,49H,4-5,8,11,18-26,31H2,1-3H3,(H,48,52)(H,50,53). The van der Waals surface area contributed by atoms with E-state index in [0.717, 1.165) is 49.1 Å². The quantitative estimate of drug-likeness (QED) is 0.0609. The highest BCUT2D eigenvalue weighted by molar-refractivity contribution is 7.88. The third-order valence-electron chi connectivity index (χ3n) is 9.06. The second-order valence-corrected chi connectivity index (χ2v) is 15.4. The number of rotatable bonds is 26. The van der Waals surface area contributed by atoms with Crippen LogP contribution in [0.2, 0.25) is 0 Å². The SMILES string of the molecule is CCN(CC)c1ccc(NC(=O)c2cccc(CCCOCCOCCOCCOCCNS(C)(=O)=O)c2)c(-c2cc(C(=O)NCc3cccc(C(F)(F)F)c3)ccn2)c1. The molecule has 0 aliphatic heterocycles. The van der Waals surface area contributed by atoms with Crippen LogP contribution in [0.1, 0.15) is 57.7 Å². The number of halogens is 3. The summed E-state index contributed by atoms with van der Waals surface area (Å²) < 4.78 is 85.9. The summed E-state index contributed by atoms with van der Waals surface area (Å²) in [4.78, 5) is 33.5. The molecule has 0 radical (unpaired) electrons. The first-order chi connectivity index (χ1) is 28.8. The van der Waals surface area contributed by atoms with Crippen molar-refractivity contribution in [3.63, 3.8) is 0 Å². The Morgan fingerprint density at radius 3 is 2.03 bits per heavy atom. The predicted molar refractivity (Wildman–Crippen MR) is 225 cm³/mol. The fourth-order valence-corrected chi connectivity index (χ4v) is 6.46. The molecular formula is C43H54F3N5O8S. The summed E-state index contributed by atoms with van der Waals surface area (Å²) in [6.07, 6.45) is -0.491. The van der Waals surface area contributed by atoms with Gasteiger partial charge in [0.1, 0.15) is 0 Å². The number of pyridine rings is 1. The number of nitrogens with zero attached hydrogens (tertiary/aromatic N) is 2. The van der Waals surface area contributed by atoms with Gasteiger partial charge in [0.2, 0.25) is 10.0 Å². The third-order valence-corrected chi connectivity index (χ3v) is 9.78. The minimum Gasteiger partial charge on any atom is -0.379 e. The van der Waals surface area contributed by atoms with E-state index in [0.29, 0.717) is 80.7 Å². The molecule has 326 valence electrons. The Morgan fingerprint density at radius 2 is 1.37 bits per heavy atom. The van der Waals surface area contributed by atoms with Crippen LogP contribution in [-0.2, 0) is 48.1 Å². The lowest BCUT2D eigenvalue weighted by Gasteiger charge is -2.23. The number of amides is 2. The molecule has 0 spiro atoms. The molecule has 0 atom stereocenters. The summed E-state index contributed by atoms with van der Waals surface area (Å²) >= 11 is 0. The molecule has 3 aromatic carbocycles. The molecule has 4 aromatic rings. The maximum Gasteiger partial charge on any atom is 0.416 e. The normalized spacial score (nSPS) is 11.7. The average molecular weight is 858 g/mol. The number of hydrogen-bond acceptors (Lipinski definition) is 10. The highest BCUT2D eigenvalue weighted by Gasteiger charge is 2.30. The van der Waals surface area contributed by atoms with Crippen molar-refractivity contribution in [2.75, 3.05) is 89.0 Å². The molecule has 1 aromatic heterocycles. The summed E-state index contributed by atoms with van der Waals surface area (Å²) in [7, 11) is -3.22. The number of benzene rings is 3. The Balaban J connectivity index is 1.27. The van der Waals surface area contributed by atoms with Gasteiger partial charge in [-0.25, -0.2) is 13.1 Å². The van der Waals surface area contributed by atoms with Gasteiger partial charge in [-0.05, 0) is 92.4 Å². The van der Waals surface area contributed by atoms with Crippen LogP contribution in [0.15, 0.2) is 85.1 Å². The van der Waals surface area contributed by atoms with Crippen LogP contribution in [0.3, 0.4) is 0 Å². The second kappa shape index (κ2) is 24.4. The molecule has 0 fully saturated rings. The first-order valence-electron chi connectivity index (χ1n) is 19.7. The molecule has 0 saturated heterocycles. The Hall–Kier alpha value is -4.91. The number of nitrogens with one attached hydrogen (secondary N) is 3. The van der Waals surface area contributed by atoms with Gasteiger partial charge in [-0.1, -0.05) is 24.3 Å². The van der Waals surface area contributed by atoms with Gasteiger partial charge < -0.3 is 34.5 Å². The predicted octanol–water partition coefficient (Wildman–Crippen LogP) is 6.34. The molecule has 0 aliphatic rings. The Bertz CT molecular complexity index is 2080. The number of alkyl halides is 3. The van der Waals surface area contributed by atoms with E-state index >= 15 is 0 Å². The zero-order valence-corrected chi connectivity index (χ0v) is 35.0. The van der Waals surface area contributed by atoms with Gasteiger partial charge in [0.05, 0.1) is 69.4 Å². The van der Waals surface area contributed by atoms with E-state index in [-0.39, 0.29) is 31.2 Å². The van der Waals surface area contributed by atoms with E-state index in [2.05, 4.69) is 25.2 Å². The summed E-state index contributed by atoms with van der Waals surface area (Å²) in [5, 5.41) is 5.72. The van der Waals surface area contributed by atoms with Gasteiger partial charge in [0, 0.05) is 61.4 Å². The first kappa shape index (κ1) is 47.8. The molecule has 0 aliphatic carbocycles. The van der Waals surface area contributed by atoms with Crippen molar-refractivity contribution in [3.8, 4) is 11.3 Å². The molecular weight excluding hydrogens is 804 g/mol. The number of aryl methyl sites for hydroxylation is 1. The number of sulfonamides is 1. The number of ether oxygens (including phenoxy) is 4. The molecule has 17 heteroatoms. The highest BCUT2D eigenvalue weighted by atomic mass is 32.2. The van der Waals surface area contributed by atoms with Crippen molar-refractivity contribution in [2.45, 2.75) is 39.4 Å². The van der Waals surface area contributed by atoms with Crippen molar-refractivity contribution in [1.29, 1.82) is 0 Å². The topological polar surface area (TPSA) is 157 Å². The van der Waals surface area contributed by atoms with Crippen LogP contribution in [0.25, 0.3) is 11.3 Å². The minimum atomic E-state index is -4.49. The van der Waals surface area contributed by atoms with Crippen molar-refractivity contribution in [3.05, 3.63) is 113 Å². The molecule has 3 N–H and O–H groups in total. The lowest BCUT2D eigenvalue weighted by molar-refractivity contribution is -0.137. The fraction of sp³-hybridized carbons (Fsp3) is 0.419. The maximum atomic E-state index is 13.7. The van der Waals surface area contributed by atoms with E-state index < -0.39 is 27.7 Å². The Morgan fingerprint density at radius 1 is 0.733 bits per heavy atom. The van der Waals surface area contributed by atoms with Gasteiger partial charge in [-0.15, -0.1) is 0 Å². The van der Waals surface area contributed by atoms with Gasteiger partial charge in [0.15, 0.2) is 0 Å². The molecule has 1 heterocycles. The van der Waals surface area contributed by atoms with E-state index in [1.165, 1.54) is 24.4 Å². The molecule has 60 heavy (non-hydrogen) atoms. The lowest BCUT2D eigenvalue weighted by Crippen LogP contribution is -2.26. The second-order valence-electron chi connectivity index (χ2n) is 13.6. The average Bonchev–Trinajstić information content (AvgIpc) is 3.23. The monoisotopic (exact) mass is 857 g/mol. The Labute approximate surface area is 350 Å². The summed E-state index contributed by atoms with van der Waals surface area (Å²) in [6, 6.07) is 20.9. The smallest absolute Gasteiger partial charge is 0.379 e. The summed E-state index contributed by atoms with van der Waals surface area (Å²) in [6.45, 7) is 8.83. The molecule has 0 bridgehead atoms. The number of aromatic nitrogens is 1. The van der Waals surface area contributed by atoms with Crippen LogP contribution < -0.4 is 20.3 Å². The van der Waals surface area contributed by atoms with E-state index in [9.17, 15) is 31.2 Å². The van der Waals surface area contributed by atoms with Crippen molar-refractivity contribution >= 4 is 33.2 Å². The molecule has 2 amide bonds. The largest absolute Gasteiger partial charge is 0.416 e. The molecule has 4 rings (SSSR count). The lowest BCUT2D eigenvalue weighted by atomic mass is 10.0. The van der Waals surface area contributed by atoms with Crippen LogP contribution >= 0.6 is 0 Å². The number of carbonyl (C=O) groups excluding carboxylic acids is 2. The molecule has 0 unspecified atom stereocenters. The van der Waals surface area contributed by atoms with Crippen molar-refractivity contribution in [1.82, 2.24) is 15.0 Å². The van der Waals surface area contributed by atoms with Gasteiger partial charge in [-0.2, -0.15) is 13.2 Å². The summed E-state index contributed by atoms with van der Waals surface area (Å²) in [5.74, 6) is -0.811. The van der Waals surface area contributed by atoms with E-state index in [4.69, 9.17) is 18.9 Å². The molecule has 13 nitrogen and oxygen atoms in total.